The topological polar surface area (TPSA) is 30.7 Å². The van der Waals surface area contributed by atoms with Gasteiger partial charge < -0.3 is 0 Å². The molecule has 0 N–H and O–H groups in total. The van der Waals surface area contributed by atoms with E-state index in [0.717, 1.165) is 10.6 Å². The second-order valence-electron chi connectivity index (χ2n) is 2.69. The van der Waals surface area contributed by atoms with Gasteiger partial charge in [0.1, 0.15) is 0 Å². The molecule has 66 valence electrons. The molecule has 0 aliphatic heterocycles. The molecule has 0 unspecified atom stereocenters. The lowest BCUT2D eigenvalue weighted by Crippen LogP contribution is -2.00. The highest BCUT2D eigenvalue weighted by Gasteiger charge is 1.99. The number of benzene rings is 1. The minimum atomic E-state index is 0.666. The summed E-state index contributed by atoms with van der Waals surface area (Å²) in [5, 5.41) is 8.34. The first kappa shape index (κ1) is 8.26. The van der Waals surface area contributed by atoms with Crippen LogP contribution in [0.2, 0.25) is 5.02 Å². The summed E-state index contributed by atoms with van der Waals surface area (Å²) in [6.45, 7) is 0.666. The van der Waals surface area contributed by atoms with Crippen molar-refractivity contribution in [1.82, 2.24) is 15.0 Å². The van der Waals surface area contributed by atoms with E-state index in [0.29, 0.717) is 6.54 Å². The van der Waals surface area contributed by atoms with Crippen LogP contribution in [-0.2, 0) is 6.54 Å². The Bertz CT molecular complexity index is 384. The Kier molecular flexibility index (Phi) is 2.27. The van der Waals surface area contributed by atoms with Gasteiger partial charge in [-0.15, -0.1) is 5.10 Å². The Morgan fingerprint density at radius 3 is 2.85 bits per heavy atom. The van der Waals surface area contributed by atoms with Crippen LogP contribution in [0.3, 0.4) is 0 Å². The van der Waals surface area contributed by atoms with Crippen molar-refractivity contribution < 1.29 is 0 Å². The highest BCUT2D eigenvalue weighted by Crippen LogP contribution is 2.15. The zero-order chi connectivity index (χ0) is 9.10. The number of nitrogens with zero attached hydrogens (tertiary/aromatic N) is 3. The fourth-order valence-electron chi connectivity index (χ4n) is 1.12. The minimum absolute atomic E-state index is 0.666. The van der Waals surface area contributed by atoms with Crippen molar-refractivity contribution in [3.05, 3.63) is 47.2 Å². The molecule has 13 heavy (non-hydrogen) atoms. The van der Waals surface area contributed by atoms with Crippen molar-refractivity contribution in [2.45, 2.75) is 6.54 Å². The SMILES string of the molecule is Clc1ccccc1Cn1ccnn1. The molecule has 3 nitrogen and oxygen atoms in total. The van der Waals surface area contributed by atoms with Crippen LogP contribution in [0, 0.1) is 0 Å². The summed E-state index contributed by atoms with van der Waals surface area (Å²) in [5.41, 5.74) is 1.05. The van der Waals surface area contributed by atoms with Gasteiger partial charge in [-0.3, -0.25) is 0 Å². The van der Waals surface area contributed by atoms with E-state index in [2.05, 4.69) is 10.3 Å². The van der Waals surface area contributed by atoms with E-state index >= 15 is 0 Å². The standard InChI is InChI=1S/C9H8ClN3/c10-9-4-2-1-3-8(9)7-13-6-5-11-12-13/h1-6H,7H2. The van der Waals surface area contributed by atoms with Crippen LogP contribution >= 0.6 is 11.6 Å². The smallest absolute Gasteiger partial charge is 0.0693 e. The van der Waals surface area contributed by atoms with Gasteiger partial charge in [0.2, 0.25) is 0 Å². The Morgan fingerprint density at radius 1 is 1.31 bits per heavy atom. The van der Waals surface area contributed by atoms with E-state index in [1.165, 1.54) is 0 Å². The summed E-state index contributed by atoms with van der Waals surface area (Å²) in [7, 11) is 0. The first-order valence-electron chi connectivity index (χ1n) is 3.94. The lowest BCUT2D eigenvalue weighted by Gasteiger charge is -2.02. The Labute approximate surface area is 81.0 Å². The zero-order valence-electron chi connectivity index (χ0n) is 6.89. The van der Waals surface area contributed by atoms with E-state index in [-0.39, 0.29) is 0 Å². The molecule has 0 saturated carbocycles. The molecule has 1 aromatic carbocycles. The molecule has 0 atom stereocenters. The number of hydrogen-bond donors (Lipinski definition) is 0. The summed E-state index contributed by atoms with van der Waals surface area (Å²) in [6, 6.07) is 7.71. The van der Waals surface area contributed by atoms with Crippen molar-refractivity contribution in [3.63, 3.8) is 0 Å². The van der Waals surface area contributed by atoms with Gasteiger partial charge in [-0.2, -0.15) is 0 Å². The first-order chi connectivity index (χ1) is 6.36. The predicted octanol–water partition coefficient (Wildman–Crippen LogP) is 1.98. The van der Waals surface area contributed by atoms with Crippen LogP contribution in [-0.4, -0.2) is 15.0 Å². The normalized spacial score (nSPS) is 10.2. The summed E-state index contributed by atoms with van der Waals surface area (Å²) < 4.78 is 1.74. The van der Waals surface area contributed by atoms with Crippen molar-refractivity contribution in [2.24, 2.45) is 0 Å². The van der Waals surface area contributed by atoms with E-state index in [4.69, 9.17) is 11.6 Å². The Morgan fingerprint density at radius 2 is 2.15 bits per heavy atom. The van der Waals surface area contributed by atoms with Crippen molar-refractivity contribution >= 4 is 11.6 Å². The molecule has 0 radical (unpaired) electrons. The van der Waals surface area contributed by atoms with E-state index in [1.54, 1.807) is 10.9 Å². The van der Waals surface area contributed by atoms with Gasteiger partial charge in [-0.25, -0.2) is 4.68 Å². The molecule has 0 spiro atoms. The lowest BCUT2D eigenvalue weighted by molar-refractivity contribution is 0.650. The first-order valence-corrected chi connectivity index (χ1v) is 4.31. The molecule has 2 aromatic rings. The van der Waals surface area contributed by atoms with Gasteiger partial charge in [0.05, 0.1) is 12.7 Å². The maximum atomic E-state index is 5.98. The quantitative estimate of drug-likeness (QED) is 0.730. The molecule has 0 aliphatic rings. The van der Waals surface area contributed by atoms with Crippen molar-refractivity contribution in [3.8, 4) is 0 Å². The van der Waals surface area contributed by atoms with Gasteiger partial charge >= 0.3 is 0 Å². The summed E-state index contributed by atoms with van der Waals surface area (Å²) in [4.78, 5) is 0. The number of hydrogen-bond acceptors (Lipinski definition) is 2. The van der Waals surface area contributed by atoms with Crippen LogP contribution in [0.4, 0.5) is 0 Å². The summed E-state index contributed by atoms with van der Waals surface area (Å²) >= 11 is 5.98. The van der Waals surface area contributed by atoms with Crippen LogP contribution in [0.1, 0.15) is 5.56 Å². The molecule has 1 heterocycles. The van der Waals surface area contributed by atoms with E-state index in [1.807, 2.05) is 30.5 Å². The predicted molar refractivity (Wildman–Crippen MR) is 50.6 cm³/mol. The monoisotopic (exact) mass is 193 g/mol. The second-order valence-corrected chi connectivity index (χ2v) is 3.10. The number of halogens is 1. The van der Waals surface area contributed by atoms with Gasteiger partial charge in [0, 0.05) is 11.2 Å². The molecular weight excluding hydrogens is 186 g/mol. The highest BCUT2D eigenvalue weighted by atomic mass is 35.5. The third-order valence-electron chi connectivity index (χ3n) is 1.76. The van der Waals surface area contributed by atoms with Gasteiger partial charge in [0.15, 0.2) is 0 Å². The van der Waals surface area contributed by atoms with Crippen LogP contribution in [0.15, 0.2) is 36.7 Å². The molecule has 1 aromatic heterocycles. The highest BCUT2D eigenvalue weighted by molar-refractivity contribution is 6.31. The molecule has 0 amide bonds. The van der Waals surface area contributed by atoms with Crippen LogP contribution in [0.5, 0.6) is 0 Å². The summed E-state index contributed by atoms with van der Waals surface area (Å²) in [5.74, 6) is 0. The van der Waals surface area contributed by atoms with E-state index < -0.39 is 0 Å². The Hall–Kier alpha value is -1.35. The van der Waals surface area contributed by atoms with Crippen molar-refractivity contribution in [2.75, 3.05) is 0 Å². The average molecular weight is 194 g/mol. The fourth-order valence-corrected chi connectivity index (χ4v) is 1.31. The van der Waals surface area contributed by atoms with Gasteiger partial charge in [-0.05, 0) is 11.6 Å². The van der Waals surface area contributed by atoms with Crippen LogP contribution in [0.25, 0.3) is 0 Å². The number of aromatic nitrogens is 3. The molecule has 0 fully saturated rings. The molecular formula is C9H8ClN3. The summed E-state index contributed by atoms with van der Waals surface area (Å²) in [6.07, 6.45) is 3.46. The van der Waals surface area contributed by atoms with Gasteiger partial charge in [-0.1, -0.05) is 35.0 Å². The Balaban J connectivity index is 2.24. The molecule has 0 bridgehead atoms. The lowest BCUT2D eigenvalue weighted by atomic mass is 10.2. The largest absolute Gasteiger partial charge is 0.248 e. The average Bonchev–Trinajstić information content (AvgIpc) is 2.61. The second kappa shape index (κ2) is 3.58. The maximum absolute atomic E-state index is 5.98. The minimum Gasteiger partial charge on any atom is -0.248 e. The molecule has 0 aliphatic carbocycles. The molecule has 0 saturated heterocycles. The van der Waals surface area contributed by atoms with Crippen LogP contribution < -0.4 is 0 Å². The number of rotatable bonds is 2. The van der Waals surface area contributed by atoms with Gasteiger partial charge in [0.25, 0.3) is 0 Å². The maximum Gasteiger partial charge on any atom is 0.0693 e. The third kappa shape index (κ3) is 1.87. The molecule has 4 heteroatoms. The van der Waals surface area contributed by atoms with Crippen molar-refractivity contribution in [1.29, 1.82) is 0 Å². The zero-order valence-corrected chi connectivity index (χ0v) is 7.65. The fraction of sp³-hybridized carbons (Fsp3) is 0.111. The van der Waals surface area contributed by atoms with E-state index in [9.17, 15) is 0 Å². The molecule has 2 rings (SSSR count). The third-order valence-corrected chi connectivity index (χ3v) is 2.13.